The first kappa shape index (κ1) is 19.6. The standard InChI is InChI=1S/C17H34O3/c1-3-15-19-17(20-16-4-2)13-11-9-7-5-6-8-10-12-14-18/h8,10,17-18H,3-7,9,11-16H2,1-2H3/b10-8+. The molecule has 3 heteroatoms. The first-order valence-electron chi connectivity index (χ1n) is 8.34. The summed E-state index contributed by atoms with van der Waals surface area (Å²) in [6, 6.07) is 0. The fourth-order valence-electron chi connectivity index (χ4n) is 1.95. The van der Waals surface area contributed by atoms with E-state index in [0.29, 0.717) is 0 Å². The van der Waals surface area contributed by atoms with Crippen LogP contribution in [0, 0.1) is 0 Å². The number of aliphatic hydroxyl groups is 1. The molecule has 0 heterocycles. The lowest BCUT2D eigenvalue weighted by atomic mass is 10.1. The summed E-state index contributed by atoms with van der Waals surface area (Å²) in [5.74, 6) is 0. The predicted octanol–water partition coefficient (Wildman–Crippen LogP) is 4.44. The summed E-state index contributed by atoms with van der Waals surface area (Å²) in [6.07, 6.45) is 14.2. The Balaban J connectivity index is 3.46. The topological polar surface area (TPSA) is 38.7 Å². The first-order valence-corrected chi connectivity index (χ1v) is 8.34. The van der Waals surface area contributed by atoms with Crippen molar-refractivity contribution in [2.45, 2.75) is 77.9 Å². The average Bonchev–Trinajstić information content (AvgIpc) is 2.47. The minimum absolute atomic E-state index is 0.000602. The highest BCUT2D eigenvalue weighted by molar-refractivity contribution is 4.80. The zero-order chi connectivity index (χ0) is 14.9. The predicted molar refractivity (Wildman–Crippen MR) is 84.8 cm³/mol. The second-order valence-corrected chi connectivity index (χ2v) is 5.15. The second-order valence-electron chi connectivity index (χ2n) is 5.15. The van der Waals surface area contributed by atoms with Crippen LogP contribution in [-0.4, -0.2) is 31.2 Å². The molecule has 0 fully saturated rings. The molecule has 1 N–H and O–H groups in total. The van der Waals surface area contributed by atoms with Gasteiger partial charge in [0.05, 0.1) is 0 Å². The van der Waals surface area contributed by atoms with Gasteiger partial charge in [0.15, 0.2) is 6.29 Å². The summed E-state index contributed by atoms with van der Waals surface area (Å²) in [5.41, 5.74) is 0. The molecule has 0 atom stereocenters. The van der Waals surface area contributed by atoms with Crippen molar-refractivity contribution < 1.29 is 14.6 Å². The third kappa shape index (κ3) is 14.0. The number of hydrogen-bond acceptors (Lipinski definition) is 3. The van der Waals surface area contributed by atoms with Crippen LogP contribution in [0.15, 0.2) is 12.2 Å². The Morgan fingerprint density at radius 1 is 0.850 bits per heavy atom. The van der Waals surface area contributed by atoms with Gasteiger partial charge in [0.2, 0.25) is 0 Å². The van der Waals surface area contributed by atoms with Gasteiger partial charge in [-0.3, -0.25) is 0 Å². The summed E-state index contributed by atoms with van der Waals surface area (Å²) in [5, 5.41) is 8.64. The summed E-state index contributed by atoms with van der Waals surface area (Å²) in [7, 11) is 0. The van der Waals surface area contributed by atoms with Gasteiger partial charge in [0.25, 0.3) is 0 Å². The van der Waals surface area contributed by atoms with Gasteiger partial charge < -0.3 is 14.6 Å². The molecule has 0 amide bonds. The number of rotatable bonds is 15. The fourth-order valence-corrected chi connectivity index (χ4v) is 1.95. The highest BCUT2D eigenvalue weighted by Crippen LogP contribution is 2.11. The van der Waals surface area contributed by atoms with E-state index in [4.69, 9.17) is 14.6 Å². The lowest BCUT2D eigenvalue weighted by Crippen LogP contribution is -2.18. The van der Waals surface area contributed by atoms with Gasteiger partial charge in [-0.15, -0.1) is 0 Å². The van der Waals surface area contributed by atoms with Gasteiger partial charge in [-0.2, -0.15) is 0 Å². The third-order valence-electron chi connectivity index (χ3n) is 3.04. The summed E-state index contributed by atoms with van der Waals surface area (Å²) < 4.78 is 11.4. The van der Waals surface area contributed by atoms with E-state index in [9.17, 15) is 0 Å². The zero-order valence-electron chi connectivity index (χ0n) is 13.5. The molecule has 0 radical (unpaired) electrons. The Kier molecular flexibility index (Phi) is 16.4. The van der Waals surface area contributed by atoms with Crippen molar-refractivity contribution in [3.8, 4) is 0 Å². The molecule has 0 aromatic rings. The lowest BCUT2D eigenvalue weighted by molar-refractivity contribution is -0.146. The molecule has 0 aliphatic heterocycles. The second kappa shape index (κ2) is 16.7. The molecule has 120 valence electrons. The summed E-state index contributed by atoms with van der Waals surface area (Å²) in [4.78, 5) is 0. The molecule has 0 saturated heterocycles. The van der Waals surface area contributed by atoms with Crippen LogP contribution in [0.2, 0.25) is 0 Å². The quantitative estimate of drug-likeness (QED) is 0.275. The smallest absolute Gasteiger partial charge is 0.157 e. The van der Waals surface area contributed by atoms with Crippen LogP contribution in [0.5, 0.6) is 0 Å². The van der Waals surface area contributed by atoms with E-state index in [1.165, 1.54) is 25.7 Å². The third-order valence-corrected chi connectivity index (χ3v) is 3.04. The Bertz CT molecular complexity index is 196. The van der Waals surface area contributed by atoms with Gasteiger partial charge >= 0.3 is 0 Å². The SMILES string of the molecule is CCCOC(CCCCCC/C=C/CCO)OCCC. The van der Waals surface area contributed by atoms with Gasteiger partial charge in [-0.05, 0) is 44.9 Å². The van der Waals surface area contributed by atoms with Crippen molar-refractivity contribution in [3.63, 3.8) is 0 Å². The molecule has 0 bridgehead atoms. The Labute approximate surface area is 125 Å². The number of hydrogen-bond donors (Lipinski definition) is 1. The largest absolute Gasteiger partial charge is 0.396 e. The lowest BCUT2D eigenvalue weighted by Gasteiger charge is -2.17. The molecule has 0 saturated carbocycles. The van der Waals surface area contributed by atoms with Crippen molar-refractivity contribution in [2.75, 3.05) is 19.8 Å². The van der Waals surface area contributed by atoms with Crippen molar-refractivity contribution in [1.29, 1.82) is 0 Å². The molecule has 0 rings (SSSR count). The van der Waals surface area contributed by atoms with Crippen LogP contribution >= 0.6 is 0 Å². The minimum atomic E-state index is -0.000602. The molecule has 0 aromatic carbocycles. The van der Waals surface area contributed by atoms with Crippen molar-refractivity contribution in [3.05, 3.63) is 12.2 Å². The van der Waals surface area contributed by atoms with Gasteiger partial charge in [0, 0.05) is 19.8 Å². The number of aliphatic hydroxyl groups excluding tert-OH is 1. The van der Waals surface area contributed by atoms with E-state index < -0.39 is 0 Å². The van der Waals surface area contributed by atoms with Gasteiger partial charge in [0.1, 0.15) is 0 Å². The molecule has 0 aliphatic carbocycles. The average molecular weight is 286 g/mol. The highest BCUT2D eigenvalue weighted by atomic mass is 16.7. The van der Waals surface area contributed by atoms with E-state index in [2.05, 4.69) is 26.0 Å². The minimum Gasteiger partial charge on any atom is -0.396 e. The van der Waals surface area contributed by atoms with Crippen LogP contribution in [-0.2, 0) is 9.47 Å². The van der Waals surface area contributed by atoms with Crippen LogP contribution in [0.3, 0.4) is 0 Å². The maximum atomic E-state index is 8.64. The van der Waals surface area contributed by atoms with E-state index in [-0.39, 0.29) is 12.9 Å². The maximum absolute atomic E-state index is 8.64. The zero-order valence-corrected chi connectivity index (χ0v) is 13.5. The summed E-state index contributed by atoms with van der Waals surface area (Å²) >= 11 is 0. The van der Waals surface area contributed by atoms with E-state index in [1.807, 2.05) is 0 Å². The Hall–Kier alpha value is -0.380. The summed E-state index contributed by atoms with van der Waals surface area (Å²) in [6.45, 7) is 6.10. The van der Waals surface area contributed by atoms with Gasteiger partial charge in [-0.1, -0.05) is 38.8 Å². The van der Waals surface area contributed by atoms with E-state index >= 15 is 0 Å². The number of allylic oxidation sites excluding steroid dienone is 1. The molecule has 0 aliphatic rings. The molecule has 3 nitrogen and oxygen atoms in total. The normalized spacial score (nSPS) is 11.8. The van der Waals surface area contributed by atoms with Crippen LogP contribution in [0.4, 0.5) is 0 Å². The van der Waals surface area contributed by atoms with Crippen LogP contribution in [0.1, 0.15) is 71.6 Å². The van der Waals surface area contributed by atoms with Crippen molar-refractivity contribution >= 4 is 0 Å². The number of unbranched alkanes of at least 4 members (excludes halogenated alkanes) is 4. The van der Waals surface area contributed by atoms with Crippen molar-refractivity contribution in [1.82, 2.24) is 0 Å². The molecule has 0 spiro atoms. The van der Waals surface area contributed by atoms with E-state index in [0.717, 1.165) is 45.3 Å². The van der Waals surface area contributed by atoms with Crippen LogP contribution in [0.25, 0.3) is 0 Å². The highest BCUT2D eigenvalue weighted by Gasteiger charge is 2.07. The van der Waals surface area contributed by atoms with Gasteiger partial charge in [-0.25, -0.2) is 0 Å². The fraction of sp³-hybridized carbons (Fsp3) is 0.882. The van der Waals surface area contributed by atoms with E-state index in [1.54, 1.807) is 0 Å². The Morgan fingerprint density at radius 3 is 2.05 bits per heavy atom. The molecule has 0 aromatic heterocycles. The molecule has 0 unspecified atom stereocenters. The van der Waals surface area contributed by atoms with Crippen LogP contribution < -0.4 is 0 Å². The maximum Gasteiger partial charge on any atom is 0.157 e. The molecular weight excluding hydrogens is 252 g/mol. The first-order chi connectivity index (χ1) is 9.85. The molecule has 20 heavy (non-hydrogen) atoms. The number of ether oxygens (including phenoxy) is 2. The van der Waals surface area contributed by atoms with Crippen molar-refractivity contribution in [2.24, 2.45) is 0 Å². The molecular formula is C17H34O3. The monoisotopic (exact) mass is 286 g/mol. The Morgan fingerprint density at radius 2 is 1.45 bits per heavy atom.